The summed E-state index contributed by atoms with van der Waals surface area (Å²) in [5.41, 5.74) is 6.24. The Balaban J connectivity index is 0.00000256. The summed E-state index contributed by atoms with van der Waals surface area (Å²) in [4.78, 5) is 0. The van der Waals surface area contributed by atoms with Crippen LogP contribution in [0.3, 0.4) is 0 Å². The first-order valence-electron chi connectivity index (χ1n) is 4.84. The molecule has 0 bridgehead atoms. The minimum Gasteiger partial charge on any atom is -0.493 e. The fourth-order valence-corrected chi connectivity index (χ4v) is 1.41. The van der Waals surface area contributed by atoms with E-state index in [1.807, 2.05) is 0 Å². The third-order valence-corrected chi connectivity index (χ3v) is 2.27. The molecule has 0 aromatic heterocycles. The Morgan fingerprint density at radius 3 is 2.24 bits per heavy atom. The lowest BCUT2D eigenvalue weighted by Gasteiger charge is -2.14. The second-order valence-corrected chi connectivity index (χ2v) is 3.35. The Morgan fingerprint density at radius 2 is 1.76 bits per heavy atom. The number of benzene rings is 1. The van der Waals surface area contributed by atoms with Crippen LogP contribution in [-0.4, -0.2) is 20.6 Å². The lowest BCUT2D eigenvalue weighted by Crippen LogP contribution is -2.14. The molecule has 0 heterocycles. The van der Waals surface area contributed by atoms with Gasteiger partial charge in [0.2, 0.25) is 6.43 Å². The molecular weight excluding hydrogens is 252 g/mol. The van der Waals surface area contributed by atoms with Crippen LogP contribution in [0.2, 0.25) is 0 Å². The molecular formula is C11H16ClF2NO2. The molecule has 3 nitrogen and oxygen atoms in total. The normalized spacial score (nSPS) is 11.9. The van der Waals surface area contributed by atoms with Crippen molar-refractivity contribution in [2.45, 2.75) is 18.9 Å². The van der Waals surface area contributed by atoms with Gasteiger partial charge in [0.15, 0.2) is 11.5 Å². The second kappa shape index (κ2) is 7.29. The smallest absolute Gasteiger partial charge is 0.240 e. The fourth-order valence-electron chi connectivity index (χ4n) is 1.41. The summed E-state index contributed by atoms with van der Waals surface area (Å²) >= 11 is 0. The van der Waals surface area contributed by atoms with Crippen LogP contribution >= 0.6 is 12.4 Å². The van der Waals surface area contributed by atoms with E-state index in [9.17, 15) is 8.78 Å². The number of halogens is 3. The van der Waals surface area contributed by atoms with Gasteiger partial charge in [-0.1, -0.05) is 6.07 Å². The van der Waals surface area contributed by atoms with Crippen molar-refractivity contribution in [1.29, 1.82) is 0 Å². The van der Waals surface area contributed by atoms with Crippen LogP contribution in [0.15, 0.2) is 18.2 Å². The van der Waals surface area contributed by atoms with Crippen LogP contribution in [0.5, 0.6) is 11.5 Å². The molecule has 0 spiro atoms. The molecule has 17 heavy (non-hydrogen) atoms. The molecule has 0 aliphatic carbocycles. The molecule has 1 aromatic rings. The second-order valence-electron chi connectivity index (χ2n) is 3.35. The predicted molar refractivity (Wildman–Crippen MR) is 64.3 cm³/mol. The van der Waals surface area contributed by atoms with Crippen molar-refractivity contribution in [2.24, 2.45) is 5.73 Å². The molecule has 2 N–H and O–H groups in total. The zero-order valence-corrected chi connectivity index (χ0v) is 10.5. The van der Waals surface area contributed by atoms with Gasteiger partial charge in [-0.2, -0.15) is 0 Å². The summed E-state index contributed by atoms with van der Waals surface area (Å²) in [6.45, 7) is 0. The van der Waals surface area contributed by atoms with E-state index in [0.717, 1.165) is 0 Å². The average molecular weight is 268 g/mol. The van der Waals surface area contributed by atoms with E-state index in [2.05, 4.69) is 0 Å². The van der Waals surface area contributed by atoms with Crippen molar-refractivity contribution in [3.63, 3.8) is 0 Å². The van der Waals surface area contributed by atoms with Gasteiger partial charge in [-0.3, -0.25) is 0 Å². The Hall–Kier alpha value is -1.07. The van der Waals surface area contributed by atoms with Crippen LogP contribution in [-0.2, 0) is 0 Å². The maximum atomic E-state index is 12.2. The molecule has 1 rings (SSSR count). The highest BCUT2D eigenvalue weighted by atomic mass is 35.5. The van der Waals surface area contributed by atoms with Crippen LogP contribution in [0.25, 0.3) is 0 Å². The maximum Gasteiger partial charge on any atom is 0.240 e. The van der Waals surface area contributed by atoms with E-state index in [4.69, 9.17) is 15.2 Å². The summed E-state index contributed by atoms with van der Waals surface area (Å²) in [5.74, 6) is 1.04. The molecule has 6 heteroatoms. The molecule has 0 saturated carbocycles. The van der Waals surface area contributed by atoms with Crippen LogP contribution < -0.4 is 15.2 Å². The van der Waals surface area contributed by atoms with Gasteiger partial charge < -0.3 is 15.2 Å². The molecule has 0 amide bonds. The number of hydrogen-bond donors (Lipinski definition) is 1. The van der Waals surface area contributed by atoms with E-state index in [1.165, 1.54) is 14.2 Å². The first-order valence-corrected chi connectivity index (χ1v) is 4.84. The highest BCUT2D eigenvalue weighted by molar-refractivity contribution is 5.85. The first kappa shape index (κ1) is 15.9. The number of nitrogens with two attached hydrogens (primary N) is 1. The van der Waals surface area contributed by atoms with Crippen LogP contribution in [0, 0.1) is 0 Å². The van der Waals surface area contributed by atoms with Crippen LogP contribution in [0.1, 0.15) is 18.0 Å². The minimum absolute atomic E-state index is 0. The highest BCUT2D eigenvalue weighted by Gasteiger charge is 2.14. The first-order chi connectivity index (χ1) is 7.58. The number of methoxy groups -OCH3 is 2. The van der Waals surface area contributed by atoms with Gasteiger partial charge in [0.1, 0.15) is 0 Å². The van der Waals surface area contributed by atoms with E-state index >= 15 is 0 Å². The molecule has 0 fully saturated rings. The molecule has 0 unspecified atom stereocenters. The summed E-state index contributed by atoms with van der Waals surface area (Å²) in [6.07, 6.45) is -2.78. The molecule has 1 atom stereocenters. The summed E-state index contributed by atoms with van der Waals surface area (Å²) in [6, 6.07) is 4.24. The van der Waals surface area contributed by atoms with Gasteiger partial charge in [-0.05, 0) is 17.7 Å². The van der Waals surface area contributed by atoms with Gasteiger partial charge >= 0.3 is 0 Å². The minimum atomic E-state index is -2.41. The number of hydrogen-bond acceptors (Lipinski definition) is 3. The Kier molecular flexibility index (Phi) is 6.83. The van der Waals surface area contributed by atoms with Crippen molar-refractivity contribution in [2.75, 3.05) is 14.2 Å². The Bertz CT molecular complexity index is 350. The van der Waals surface area contributed by atoms with E-state index < -0.39 is 12.5 Å². The molecule has 0 aliphatic heterocycles. The SMILES string of the molecule is COc1ccc([C@@H](N)CC(F)F)cc1OC.Cl. The van der Waals surface area contributed by atoms with Gasteiger partial charge in [-0.25, -0.2) is 8.78 Å². The van der Waals surface area contributed by atoms with E-state index in [-0.39, 0.29) is 18.8 Å². The molecule has 0 aliphatic rings. The topological polar surface area (TPSA) is 44.5 Å². The molecule has 0 saturated heterocycles. The third-order valence-electron chi connectivity index (χ3n) is 2.27. The number of alkyl halides is 2. The van der Waals surface area contributed by atoms with Crippen molar-refractivity contribution in [1.82, 2.24) is 0 Å². The van der Waals surface area contributed by atoms with E-state index in [1.54, 1.807) is 18.2 Å². The van der Waals surface area contributed by atoms with Crippen LogP contribution in [0.4, 0.5) is 8.78 Å². The van der Waals surface area contributed by atoms with Gasteiger partial charge in [0.25, 0.3) is 0 Å². The van der Waals surface area contributed by atoms with Gasteiger partial charge in [0.05, 0.1) is 14.2 Å². The van der Waals surface area contributed by atoms with Crippen molar-refractivity contribution >= 4 is 12.4 Å². The van der Waals surface area contributed by atoms with Crippen molar-refractivity contribution < 1.29 is 18.3 Å². The lowest BCUT2D eigenvalue weighted by atomic mass is 10.0. The largest absolute Gasteiger partial charge is 0.493 e. The zero-order valence-electron chi connectivity index (χ0n) is 9.65. The van der Waals surface area contributed by atoms with E-state index in [0.29, 0.717) is 17.1 Å². The monoisotopic (exact) mass is 267 g/mol. The summed E-state index contributed by atoms with van der Waals surface area (Å²) in [5, 5.41) is 0. The number of ether oxygens (including phenoxy) is 2. The lowest BCUT2D eigenvalue weighted by molar-refractivity contribution is 0.128. The van der Waals surface area contributed by atoms with Crippen molar-refractivity contribution in [3.8, 4) is 11.5 Å². The molecule has 0 radical (unpaired) electrons. The quantitative estimate of drug-likeness (QED) is 0.892. The zero-order chi connectivity index (χ0) is 12.1. The fraction of sp³-hybridized carbons (Fsp3) is 0.455. The van der Waals surface area contributed by atoms with Crippen molar-refractivity contribution in [3.05, 3.63) is 23.8 Å². The Labute approximate surface area is 105 Å². The summed E-state index contributed by atoms with van der Waals surface area (Å²) in [7, 11) is 3.00. The van der Waals surface area contributed by atoms with Gasteiger partial charge in [0, 0.05) is 12.5 Å². The number of rotatable bonds is 5. The third kappa shape index (κ3) is 4.36. The highest BCUT2D eigenvalue weighted by Crippen LogP contribution is 2.30. The Morgan fingerprint density at radius 1 is 1.18 bits per heavy atom. The molecule has 98 valence electrons. The van der Waals surface area contributed by atoms with Gasteiger partial charge in [-0.15, -0.1) is 12.4 Å². The maximum absolute atomic E-state index is 12.2. The predicted octanol–water partition coefficient (Wildman–Crippen LogP) is 2.78. The standard InChI is InChI=1S/C11H15F2NO2.ClH/c1-15-9-4-3-7(5-10(9)16-2)8(14)6-11(12)13;/h3-5,8,11H,6,14H2,1-2H3;1H/t8-;/m0./s1. The summed E-state index contributed by atoms with van der Waals surface area (Å²) < 4.78 is 34.4. The molecule has 1 aromatic carbocycles. The average Bonchev–Trinajstić information content (AvgIpc) is 2.27.